The maximum atomic E-state index is 9.39. The third-order valence-corrected chi connectivity index (χ3v) is 2.01. The highest BCUT2D eigenvalue weighted by molar-refractivity contribution is 4.63. The number of aliphatic hydroxyl groups excluding tert-OH is 3. The van der Waals surface area contributed by atoms with Gasteiger partial charge in [-0.1, -0.05) is 19.8 Å². The van der Waals surface area contributed by atoms with Crippen molar-refractivity contribution in [3.05, 3.63) is 0 Å². The summed E-state index contributed by atoms with van der Waals surface area (Å²) in [5.74, 6) is -0.156. The molecule has 1 atom stereocenters. The van der Waals surface area contributed by atoms with Crippen LogP contribution in [0.15, 0.2) is 0 Å². The molecule has 0 amide bonds. The molecule has 0 saturated heterocycles. The van der Waals surface area contributed by atoms with Crippen molar-refractivity contribution in [1.82, 2.24) is 0 Å². The van der Waals surface area contributed by atoms with Crippen molar-refractivity contribution in [2.45, 2.75) is 38.7 Å². The van der Waals surface area contributed by atoms with E-state index in [1.807, 2.05) is 0 Å². The van der Waals surface area contributed by atoms with E-state index in [1.165, 1.54) is 0 Å². The average Bonchev–Trinajstić information content (AvgIpc) is 2.10. The van der Waals surface area contributed by atoms with Crippen LogP contribution < -0.4 is 0 Å². The lowest BCUT2D eigenvalue weighted by molar-refractivity contribution is 0.0776. The van der Waals surface area contributed by atoms with Gasteiger partial charge >= 0.3 is 0 Å². The van der Waals surface area contributed by atoms with Gasteiger partial charge in [0, 0.05) is 19.1 Å². The van der Waals surface area contributed by atoms with Crippen LogP contribution in [0.4, 0.5) is 0 Å². The van der Waals surface area contributed by atoms with Crippen LogP contribution in [-0.2, 0) is 0 Å². The van der Waals surface area contributed by atoms with Crippen LogP contribution in [0.3, 0.4) is 0 Å². The second kappa shape index (κ2) is 7.53. The topological polar surface area (TPSA) is 60.7 Å². The van der Waals surface area contributed by atoms with E-state index in [9.17, 15) is 5.11 Å². The minimum absolute atomic E-state index is 0.0420. The molecule has 0 radical (unpaired) electrons. The molecule has 0 rings (SSSR count). The molecule has 0 aliphatic rings. The monoisotopic (exact) mass is 176 g/mol. The summed E-state index contributed by atoms with van der Waals surface area (Å²) in [6.45, 7) is 1.99. The van der Waals surface area contributed by atoms with Crippen LogP contribution in [0.2, 0.25) is 0 Å². The van der Waals surface area contributed by atoms with Crippen LogP contribution in [0, 0.1) is 5.92 Å². The Bertz CT molecular complexity index is 91.8. The third-order valence-electron chi connectivity index (χ3n) is 2.01. The van der Waals surface area contributed by atoms with Gasteiger partial charge in [-0.25, -0.2) is 0 Å². The Labute approximate surface area is 74.0 Å². The van der Waals surface area contributed by atoms with E-state index < -0.39 is 0 Å². The van der Waals surface area contributed by atoms with E-state index in [2.05, 4.69) is 6.92 Å². The van der Waals surface area contributed by atoms with E-state index in [0.717, 1.165) is 19.3 Å². The molecule has 0 fully saturated rings. The Hall–Kier alpha value is -0.120. The molecule has 1 unspecified atom stereocenters. The first-order valence-corrected chi connectivity index (χ1v) is 4.64. The maximum Gasteiger partial charge on any atom is 0.0544 e. The van der Waals surface area contributed by atoms with Crippen LogP contribution in [0.25, 0.3) is 0 Å². The van der Waals surface area contributed by atoms with Crippen molar-refractivity contribution in [3.63, 3.8) is 0 Å². The smallest absolute Gasteiger partial charge is 0.0544 e. The summed E-state index contributed by atoms with van der Waals surface area (Å²) in [6.07, 6.45) is 2.99. The minimum atomic E-state index is -0.366. The molecule has 0 aromatic rings. The van der Waals surface area contributed by atoms with Crippen molar-refractivity contribution < 1.29 is 15.3 Å². The van der Waals surface area contributed by atoms with Crippen molar-refractivity contribution in [3.8, 4) is 0 Å². The van der Waals surface area contributed by atoms with Gasteiger partial charge in [0.1, 0.15) is 0 Å². The zero-order chi connectivity index (χ0) is 9.40. The fourth-order valence-corrected chi connectivity index (χ4v) is 1.15. The first-order valence-electron chi connectivity index (χ1n) is 4.64. The van der Waals surface area contributed by atoms with E-state index in [-0.39, 0.29) is 25.2 Å². The van der Waals surface area contributed by atoms with Crippen molar-refractivity contribution in [2.75, 3.05) is 13.2 Å². The van der Waals surface area contributed by atoms with Gasteiger partial charge in [-0.15, -0.1) is 0 Å². The molecular formula is C9H20O3. The summed E-state index contributed by atoms with van der Waals surface area (Å²) in [7, 11) is 0. The summed E-state index contributed by atoms with van der Waals surface area (Å²) >= 11 is 0. The predicted molar refractivity (Wildman–Crippen MR) is 47.8 cm³/mol. The Morgan fingerprint density at radius 1 is 1.17 bits per heavy atom. The Morgan fingerprint density at radius 3 is 2.17 bits per heavy atom. The quantitative estimate of drug-likeness (QED) is 0.530. The maximum absolute atomic E-state index is 9.39. The van der Waals surface area contributed by atoms with Crippen LogP contribution in [-0.4, -0.2) is 34.6 Å². The Morgan fingerprint density at radius 2 is 1.75 bits per heavy atom. The summed E-state index contributed by atoms with van der Waals surface area (Å²) in [6, 6.07) is 0. The third kappa shape index (κ3) is 5.52. The summed E-state index contributed by atoms with van der Waals surface area (Å²) < 4.78 is 0. The normalized spacial score (nSPS) is 13.8. The average molecular weight is 176 g/mol. The second-order valence-electron chi connectivity index (χ2n) is 3.26. The lowest BCUT2D eigenvalue weighted by atomic mass is 10.00. The molecular weight excluding hydrogens is 156 g/mol. The Kier molecular flexibility index (Phi) is 7.45. The number of rotatable bonds is 7. The largest absolute Gasteiger partial charge is 0.396 e. The number of hydrogen-bond donors (Lipinski definition) is 3. The van der Waals surface area contributed by atoms with Crippen molar-refractivity contribution in [2.24, 2.45) is 5.92 Å². The summed E-state index contributed by atoms with van der Waals surface area (Å²) in [5, 5.41) is 26.8. The van der Waals surface area contributed by atoms with E-state index in [0.29, 0.717) is 6.42 Å². The van der Waals surface area contributed by atoms with Gasteiger partial charge in [0.05, 0.1) is 6.10 Å². The molecule has 3 nitrogen and oxygen atoms in total. The molecule has 0 aliphatic carbocycles. The van der Waals surface area contributed by atoms with Gasteiger partial charge < -0.3 is 15.3 Å². The molecule has 3 heteroatoms. The first kappa shape index (κ1) is 11.9. The SMILES string of the molecule is CCCCC(O)CC(CO)CO. The van der Waals surface area contributed by atoms with E-state index in [4.69, 9.17) is 10.2 Å². The molecule has 0 saturated carbocycles. The molecule has 0 spiro atoms. The van der Waals surface area contributed by atoms with Gasteiger partial charge in [0.25, 0.3) is 0 Å². The van der Waals surface area contributed by atoms with E-state index >= 15 is 0 Å². The molecule has 0 aliphatic heterocycles. The lowest BCUT2D eigenvalue weighted by Crippen LogP contribution is -2.19. The Balaban J connectivity index is 3.44. The molecule has 3 N–H and O–H groups in total. The van der Waals surface area contributed by atoms with Crippen LogP contribution in [0.1, 0.15) is 32.6 Å². The predicted octanol–water partition coefficient (Wildman–Crippen LogP) is 0.528. The molecule has 0 bridgehead atoms. The minimum Gasteiger partial charge on any atom is -0.396 e. The zero-order valence-electron chi connectivity index (χ0n) is 7.74. The highest BCUT2D eigenvalue weighted by atomic mass is 16.3. The fourth-order valence-electron chi connectivity index (χ4n) is 1.15. The van der Waals surface area contributed by atoms with Gasteiger partial charge in [-0.3, -0.25) is 0 Å². The van der Waals surface area contributed by atoms with Crippen LogP contribution >= 0.6 is 0 Å². The van der Waals surface area contributed by atoms with Gasteiger partial charge in [0.2, 0.25) is 0 Å². The van der Waals surface area contributed by atoms with Gasteiger partial charge in [-0.2, -0.15) is 0 Å². The highest BCUT2D eigenvalue weighted by Crippen LogP contribution is 2.10. The second-order valence-corrected chi connectivity index (χ2v) is 3.26. The number of unbranched alkanes of at least 4 members (excludes halogenated alkanes) is 1. The fraction of sp³-hybridized carbons (Fsp3) is 1.00. The molecule has 74 valence electrons. The van der Waals surface area contributed by atoms with E-state index in [1.54, 1.807) is 0 Å². The number of aliphatic hydroxyl groups is 3. The molecule has 0 heterocycles. The van der Waals surface area contributed by atoms with Crippen molar-refractivity contribution in [1.29, 1.82) is 0 Å². The standard InChI is InChI=1S/C9H20O3/c1-2-3-4-9(12)5-8(6-10)7-11/h8-12H,2-7H2,1H3. The van der Waals surface area contributed by atoms with Crippen molar-refractivity contribution >= 4 is 0 Å². The summed E-state index contributed by atoms with van der Waals surface area (Å²) in [5.41, 5.74) is 0. The summed E-state index contributed by atoms with van der Waals surface area (Å²) in [4.78, 5) is 0. The molecule has 12 heavy (non-hydrogen) atoms. The zero-order valence-corrected chi connectivity index (χ0v) is 7.74. The van der Waals surface area contributed by atoms with Crippen LogP contribution in [0.5, 0.6) is 0 Å². The molecule has 0 aromatic carbocycles. The first-order chi connectivity index (χ1) is 5.74. The number of hydrogen-bond acceptors (Lipinski definition) is 3. The highest BCUT2D eigenvalue weighted by Gasteiger charge is 2.11. The lowest BCUT2D eigenvalue weighted by Gasteiger charge is -2.15. The molecule has 0 aromatic heterocycles. The van der Waals surface area contributed by atoms with Gasteiger partial charge in [0.15, 0.2) is 0 Å². The van der Waals surface area contributed by atoms with Gasteiger partial charge in [-0.05, 0) is 12.8 Å².